The molecule has 1 aliphatic rings. The minimum atomic E-state index is 0.637. The van der Waals surface area contributed by atoms with Crippen LogP contribution in [-0.2, 0) is 6.54 Å². The van der Waals surface area contributed by atoms with E-state index >= 15 is 0 Å². The van der Waals surface area contributed by atoms with Crippen LogP contribution in [0, 0.1) is 6.92 Å². The molecule has 1 fully saturated rings. The van der Waals surface area contributed by atoms with Crippen LogP contribution in [0.25, 0.3) is 0 Å². The molecule has 3 nitrogen and oxygen atoms in total. The Morgan fingerprint density at radius 1 is 1.21 bits per heavy atom. The molecule has 0 amide bonds. The van der Waals surface area contributed by atoms with Gasteiger partial charge in [-0.1, -0.05) is 29.8 Å². The number of likely N-dealkylation sites (N-methyl/N-ethyl adjacent to an activating group) is 1. The maximum atomic E-state index is 3.41. The van der Waals surface area contributed by atoms with Gasteiger partial charge in [-0.2, -0.15) is 0 Å². The van der Waals surface area contributed by atoms with Crippen LogP contribution in [0.5, 0.6) is 0 Å². The first-order valence-corrected chi connectivity index (χ1v) is 7.34. The lowest BCUT2D eigenvalue weighted by atomic mass is 10.1. The molecule has 0 aromatic heterocycles. The van der Waals surface area contributed by atoms with E-state index in [-0.39, 0.29) is 0 Å². The second kappa shape index (κ2) is 7.04. The lowest BCUT2D eigenvalue weighted by molar-refractivity contribution is 0.144. The van der Waals surface area contributed by atoms with E-state index in [4.69, 9.17) is 0 Å². The molecule has 1 heterocycles. The second-order valence-corrected chi connectivity index (χ2v) is 5.82. The Labute approximate surface area is 117 Å². The van der Waals surface area contributed by atoms with Gasteiger partial charge in [0, 0.05) is 45.3 Å². The zero-order valence-corrected chi connectivity index (χ0v) is 12.5. The van der Waals surface area contributed by atoms with Crippen molar-refractivity contribution in [1.29, 1.82) is 0 Å². The summed E-state index contributed by atoms with van der Waals surface area (Å²) >= 11 is 0. The maximum absolute atomic E-state index is 3.41. The van der Waals surface area contributed by atoms with Gasteiger partial charge in [0.2, 0.25) is 0 Å². The van der Waals surface area contributed by atoms with Crippen molar-refractivity contribution in [1.82, 2.24) is 15.1 Å². The SMILES string of the molecule is Cc1ccc(CN(C)CC(C)N2CCNCC2)cc1. The van der Waals surface area contributed by atoms with Crippen LogP contribution in [0.2, 0.25) is 0 Å². The van der Waals surface area contributed by atoms with Gasteiger partial charge in [0.05, 0.1) is 0 Å². The molecule has 0 aliphatic carbocycles. The Morgan fingerprint density at radius 3 is 2.47 bits per heavy atom. The molecule has 1 aromatic rings. The van der Waals surface area contributed by atoms with Gasteiger partial charge in [-0.05, 0) is 26.5 Å². The van der Waals surface area contributed by atoms with Gasteiger partial charge in [0.15, 0.2) is 0 Å². The van der Waals surface area contributed by atoms with Crippen LogP contribution >= 0.6 is 0 Å². The first-order valence-electron chi connectivity index (χ1n) is 7.34. The van der Waals surface area contributed by atoms with Gasteiger partial charge >= 0.3 is 0 Å². The number of rotatable bonds is 5. The van der Waals surface area contributed by atoms with Crippen LogP contribution < -0.4 is 5.32 Å². The number of benzene rings is 1. The fraction of sp³-hybridized carbons (Fsp3) is 0.625. The molecule has 0 saturated carbocycles. The topological polar surface area (TPSA) is 18.5 Å². The minimum Gasteiger partial charge on any atom is -0.314 e. The summed E-state index contributed by atoms with van der Waals surface area (Å²) in [6.07, 6.45) is 0. The Kier molecular flexibility index (Phi) is 5.37. The molecule has 1 N–H and O–H groups in total. The molecular weight excluding hydrogens is 234 g/mol. The van der Waals surface area contributed by atoms with Crippen molar-refractivity contribution in [3.63, 3.8) is 0 Å². The smallest absolute Gasteiger partial charge is 0.0231 e. The Morgan fingerprint density at radius 2 is 1.84 bits per heavy atom. The van der Waals surface area contributed by atoms with Crippen molar-refractivity contribution in [2.24, 2.45) is 0 Å². The van der Waals surface area contributed by atoms with Crippen molar-refractivity contribution >= 4 is 0 Å². The third kappa shape index (κ3) is 4.60. The molecule has 0 bridgehead atoms. The quantitative estimate of drug-likeness (QED) is 0.871. The van der Waals surface area contributed by atoms with Crippen molar-refractivity contribution in [3.05, 3.63) is 35.4 Å². The molecule has 106 valence electrons. The summed E-state index contributed by atoms with van der Waals surface area (Å²) in [5.74, 6) is 0. The molecule has 1 aromatic carbocycles. The molecule has 1 unspecified atom stereocenters. The van der Waals surface area contributed by atoms with Crippen LogP contribution in [0.4, 0.5) is 0 Å². The van der Waals surface area contributed by atoms with Crippen molar-refractivity contribution in [2.45, 2.75) is 26.4 Å². The zero-order valence-electron chi connectivity index (χ0n) is 12.5. The monoisotopic (exact) mass is 261 g/mol. The van der Waals surface area contributed by atoms with E-state index in [9.17, 15) is 0 Å². The molecule has 2 rings (SSSR count). The van der Waals surface area contributed by atoms with Gasteiger partial charge in [-0.15, -0.1) is 0 Å². The van der Waals surface area contributed by atoms with Crippen molar-refractivity contribution in [2.75, 3.05) is 39.8 Å². The molecule has 0 spiro atoms. The number of hydrogen-bond donors (Lipinski definition) is 1. The van der Waals surface area contributed by atoms with Gasteiger partial charge in [-0.25, -0.2) is 0 Å². The summed E-state index contributed by atoms with van der Waals surface area (Å²) in [5, 5.41) is 3.41. The summed E-state index contributed by atoms with van der Waals surface area (Å²) in [6.45, 7) is 11.3. The Bertz CT molecular complexity index is 368. The largest absolute Gasteiger partial charge is 0.314 e. The van der Waals surface area contributed by atoms with Crippen LogP contribution in [0.3, 0.4) is 0 Å². The highest BCUT2D eigenvalue weighted by atomic mass is 15.2. The van der Waals surface area contributed by atoms with E-state index in [2.05, 4.69) is 60.3 Å². The predicted molar refractivity (Wildman–Crippen MR) is 81.4 cm³/mol. The molecule has 0 radical (unpaired) electrons. The van der Waals surface area contributed by atoms with E-state index < -0.39 is 0 Å². The number of aryl methyl sites for hydroxylation is 1. The molecule has 19 heavy (non-hydrogen) atoms. The number of nitrogens with zero attached hydrogens (tertiary/aromatic N) is 2. The minimum absolute atomic E-state index is 0.637. The molecule has 1 aliphatic heterocycles. The first-order chi connectivity index (χ1) is 9.15. The van der Waals surface area contributed by atoms with Crippen molar-refractivity contribution in [3.8, 4) is 0 Å². The van der Waals surface area contributed by atoms with Gasteiger partial charge in [0.25, 0.3) is 0 Å². The fourth-order valence-corrected chi connectivity index (χ4v) is 2.76. The van der Waals surface area contributed by atoms with Gasteiger partial charge in [0.1, 0.15) is 0 Å². The molecular formula is C16H27N3. The third-order valence-corrected chi connectivity index (χ3v) is 3.92. The standard InChI is InChI=1S/C16H27N3/c1-14-4-6-16(7-5-14)13-18(3)12-15(2)19-10-8-17-9-11-19/h4-7,15,17H,8-13H2,1-3H3. The van der Waals surface area contributed by atoms with Crippen LogP contribution in [0.1, 0.15) is 18.1 Å². The zero-order chi connectivity index (χ0) is 13.7. The normalized spacial score (nSPS) is 18.7. The Balaban J connectivity index is 1.79. The summed E-state index contributed by atoms with van der Waals surface area (Å²) in [5.41, 5.74) is 2.74. The van der Waals surface area contributed by atoms with E-state index in [1.807, 2.05) is 0 Å². The molecule has 1 saturated heterocycles. The summed E-state index contributed by atoms with van der Waals surface area (Å²) in [6, 6.07) is 9.51. The highest BCUT2D eigenvalue weighted by Crippen LogP contribution is 2.08. The number of hydrogen-bond acceptors (Lipinski definition) is 3. The maximum Gasteiger partial charge on any atom is 0.0231 e. The highest BCUT2D eigenvalue weighted by Gasteiger charge is 2.17. The van der Waals surface area contributed by atoms with E-state index in [0.717, 1.165) is 26.2 Å². The van der Waals surface area contributed by atoms with E-state index in [1.54, 1.807) is 0 Å². The van der Waals surface area contributed by atoms with Crippen LogP contribution in [-0.4, -0.2) is 55.6 Å². The van der Waals surface area contributed by atoms with Gasteiger partial charge in [-0.3, -0.25) is 4.90 Å². The van der Waals surface area contributed by atoms with E-state index in [0.29, 0.717) is 6.04 Å². The summed E-state index contributed by atoms with van der Waals surface area (Å²) in [4.78, 5) is 5.01. The molecule has 1 atom stereocenters. The van der Waals surface area contributed by atoms with Gasteiger partial charge < -0.3 is 10.2 Å². The highest BCUT2D eigenvalue weighted by molar-refractivity contribution is 5.21. The summed E-state index contributed by atoms with van der Waals surface area (Å²) in [7, 11) is 2.22. The predicted octanol–water partition coefficient (Wildman–Crippen LogP) is 1.72. The third-order valence-electron chi connectivity index (χ3n) is 3.92. The lowest BCUT2D eigenvalue weighted by Gasteiger charge is -2.35. The number of piperazine rings is 1. The second-order valence-electron chi connectivity index (χ2n) is 5.82. The Hall–Kier alpha value is -0.900. The summed E-state index contributed by atoms with van der Waals surface area (Å²) < 4.78 is 0. The lowest BCUT2D eigenvalue weighted by Crippen LogP contribution is -2.50. The average molecular weight is 261 g/mol. The van der Waals surface area contributed by atoms with Crippen LogP contribution in [0.15, 0.2) is 24.3 Å². The molecule has 3 heteroatoms. The number of nitrogens with one attached hydrogen (secondary N) is 1. The first kappa shape index (κ1) is 14.5. The average Bonchev–Trinajstić information content (AvgIpc) is 2.42. The fourth-order valence-electron chi connectivity index (χ4n) is 2.76. The van der Waals surface area contributed by atoms with Crippen molar-refractivity contribution < 1.29 is 0 Å². The van der Waals surface area contributed by atoms with E-state index in [1.165, 1.54) is 24.2 Å².